The highest BCUT2D eigenvalue weighted by Crippen LogP contribution is 2.30. The molecule has 0 fully saturated rings. The van der Waals surface area contributed by atoms with Gasteiger partial charge in [0.2, 0.25) is 0 Å². The monoisotopic (exact) mass is 338 g/mol. The lowest BCUT2D eigenvalue weighted by Gasteiger charge is -2.27. The van der Waals surface area contributed by atoms with Crippen LogP contribution in [0.2, 0.25) is 5.02 Å². The average molecular weight is 339 g/mol. The Labute approximate surface area is 136 Å². The van der Waals surface area contributed by atoms with Gasteiger partial charge in [-0.05, 0) is 23.8 Å². The summed E-state index contributed by atoms with van der Waals surface area (Å²) in [5, 5.41) is 3.83. The van der Waals surface area contributed by atoms with Crippen LogP contribution in [0, 0.1) is 0 Å². The topological polar surface area (TPSA) is 59.1 Å². The van der Waals surface area contributed by atoms with Crippen LogP contribution in [0.25, 0.3) is 0 Å². The van der Waals surface area contributed by atoms with Gasteiger partial charge in [0.25, 0.3) is 0 Å². The van der Waals surface area contributed by atoms with Gasteiger partial charge in [0, 0.05) is 29.4 Å². The van der Waals surface area contributed by atoms with E-state index >= 15 is 0 Å². The Morgan fingerprint density at radius 1 is 1.18 bits per heavy atom. The number of nitrogens with zero attached hydrogens (tertiary/aromatic N) is 1. The number of aromatic nitrogens is 1. The maximum absolute atomic E-state index is 11.8. The Balaban J connectivity index is 2.26. The molecule has 0 aliphatic heterocycles. The van der Waals surface area contributed by atoms with Crippen LogP contribution in [0.1, 0.15) is 19.4 Å². The molecule has 2 aromatic rings. The summed E-state index contributed by atoms with van der Waals surface area (Å²) in [7, 11) is -3.33. The second-order valence-electron chi connectivity index (χ2n) is 5.84. The van der Waals surface area contributed by atoms with Crippen LogP contribution >= 0.6 is 11.6 Å². The molecule has 1 N–H and O–H groups in total. The quantitative estimate of drug-likeness (QED) is 0.906. The first-order chi connectivity index (χ1) is 10.2. The number of pyridine rings is 1. The third-order valence-corrected chi connectivity index (χ3v) is 4.93. The van der Waals surface area contributed by atoms with Crippen molar-refractivity contribution in [1.82, 2.24) is 4.98 Å². The van der Waals surface area contributed by atoms with Gasteiger partial charge in [-0.15, -0.1) is 0 Å². The zero-order valence-electron chi connectivity index (χ0n) is 12.8. The summed E-state index contributed by atoms with van der Waals surface area (Å²) >= 11 is 6.26. The molecule has 0 radical (unpaired) electrons. The summed E-state index contributed by atoms with van der Waals surface area (Å²) in [6.45, 7) is 4.60. The summed E-state index contributed by atoms with van der Waals surface area (Å²) < 4.78 is 23.6. The first kappa shape index (κ1) is 16.8. The van der Waals surface area contributed by atoms with E-state index in [-0.39, 0.29) is 10.3 Å². The van der Waals surface area contributed by atoms with E-state index in [9.17, 15) is 8.42 Å². The Morgan fingerprint density at radius 3 is 2.50 bits per heavy atom. The Bertz CT molecular complexity index is 773. The fraction of sp³-hybridized carbons (Fsp3) is 0.312. The van der Waals surface area contributed by atoms with Gasteiger partial charge < -0.3 is 5.32 Å². The van der Waals surface area contributed by atoms with E-state index in [2.05, 4.69) is 10.3 Å². The standard InChI is InChI=1S/C16H19ClN2O2S/c1-16(2,12-7-4-5-8-13(12)17)11-19-15-14(22(3,20)21)9-6-10-18-15/h4-10H,11H2,1-3H3,(H,18,19). The van der Waals surface area contributed by atoms with E-state index < -0.39 is 9.84 Å². The van der Waals surface area contributed by atoms with Crippen LogP contribution in [0.15, 0.2) is 47.5 Å². The molecule has 2 rings (SSSR count). The number of benzene rings is 1. The number of nitrogens with one attached hydrogen (secondary N) is 1. The fourth-order valence-corrected chi connectivity index (χ4v) is 3.43. The van der Waals surface area contributed by atoms with Crippen LogP contribution in [0.5, 0.6) is 0 Å². The van der Waals surface area contributed by atoms with Gasteiger partial charge in [-0.1, -0.05) is 43.6 Å². The number of halogens is 1. The normalized spacial score (nSPS) is 12.2. The molecule has 1 aromatic heterocycles. The number of rotatable bonds is 5. The largest absolute Gasteiger partial charge is 0.368 e. The molecule has 0 unspecified atom stereocenters. The van der Waals surface area contributed by atoms with Gasteiger partial charge in [0.15, 0.2) is 9.84 Å². The summed E-state index contributed by atoms with van der Waals surface area (Å²) in [5.41, 5.74) is 0.728. The molecule has 0 saturated heterocycles. The molecule has 0 spiro atoms. The maximum Gasteiger partial charge on any atom is 0.179 e. The van der Waals surface area contributed by atoms with Gasteiger partial charge in [0.05, 0.1) is 0 Å². The van der Waals surface area contributed by atoms with E-state index in [1.807, 2.05) is 38.1 Å². The van der Waals surface area contributed by atoms with Crippen LogP contribution in [-0.4, -0.2) is 26.2 Å². The first-order valence-corrected chi connectivity index (χ1v) is 9.13. The molecule has 4 nitrogen and oxygen atoms in total. The fourth-order valence-electron chi connectivity index (χ4n) is 2.23. The minimum absolute atomic E-state index is 0.199. The minimum Gasteiger partial charge on any atom is -0.368 e. The molecule has 6 heteroatoms. The van der Waals surface area contributed by atoms with Crippen molar-refractivity contribution in [2.75, 3.05) is 18.1 Å². The smallest absolute Gasteiger partial charge is 0.179 e. The van der Waals surface area contributed by atoms with Crippen molar-refractivity contribution in [3.05, 3.63) is 53.2 Å². The van der Waals surface area contributed by atoms with Gasteiger partial charge in [-0.3, -0.25) is 0 Å². The SMILES string of the molecule is CC(C)(CNc1ncccc1S(C)(=O)=O)c1ccccc1Cl. The predicted molar refractivity (Wildman–Crippen MR) is 90.3 cm³/mol. The Hall–Kier alpha value is -1.59. The van der Waals surface area contributed by atoms with Crippen molar-refractivity contribution in [1.29, 1.82) is 0 Å². The molecule has 0 aliphatic carbocycles. The highest BCUT2D eigenvalue weighted by molar-refractivity contribution is 7.90. The van der Waals surface area contributed by atoms with Gasteiger partial charge >= 0.3 is 0 Å². The van der Waals surface area contributed by atoms with Crippen LogP contribution in [0.4, 0.5) is 5.82 Å². The molecule has 22 heavy (non-hydrogen) atoms. The average Bonchev–Trinajstić information content (AvgIpc) is 2.45. The number of hydrogen-bond acceptors (Lipinski definition) is 4. The lowest BCUT2D eigenvalue weighted by atomic mass is 9.84. The summed E-state index contributed by atoms with van der Waals surface area (Å²) in [6.07, 6.45) is 2.74. The van der Waals surface area contributed by atoms with Crippen LogP contribution < -0.4 is 5.32 Å². The molecule has 1 aromatic carbocycles. The Morgan fingerprint density at radius 2 is 1.86 bits per heavy atom. The van der Waals surface area contributed by atoms with Crippen molar-refractivity contribution < 1.29 is 8.42 Å². The second kappa shape index (κ2) is 6.26. The summed E-state index contributed by atoms with van der Waals surface area (Å²) in [6, 6.07) is 10.8. The molecule has 0 atom stereocenters. The van der Waals surface area contributed by atoms with Crippen molar-refractivity contribution in [3.63, 3.8) is 0 Å². The summed E-state index contributed by atoms with van der Waals surface area (Å²) in [4.78, 5) is 4.34. The molecule has 0 saturated carbocycles. The molecular formula is C16H19ClN2O2S. The first-order valence-electron chi connectivity index (χ1n) is 6.86. The molecular weight excluding hydrogens is 320 g/mol. The van der Waals surface area contributed by atoms with E-state index in [1.54, 1.807) is 18.3 Å². The number of hydrogen-bond donors (Lipinski definition) is 1. The zero-order chi connectivity index (χ0) is 16.4. The van der Waals surface area contributed by atoms with Crippen molar-refractivity contribution in [2.45, 2.75) is 24.2 Å². The third kappa shape index (κ3) is 3.78. The van der Waals surface area contributed by atoms with E-state index in [1.165, 1.54) is 6.26 Å². The van der Waals surface area contributed by atoms with E-state index in [0.717, 1.165) is 5.56 Å². The highest BCUT2D eigenvalue weighted by Gasteiger charge is 2.24. The van der Waals surface area contributed by atoms with Crippen LogP contribution in [0.3, 0.4) is 0 Å². The van der Waals surface area contributed by atoms with Crippen molar-refractivity contribution in [2.24, 2.45) is 0 Å². The molecule has 0 aliphatic rings. The number of sulfone groups is 1. The highest BCUT2D eigenvalue weighted by atomic mass is 35.5. The van der Waals surface area contributed by atoms with E-state index in [4.69, 9.17) is 11.6 Å². The maximum atomic E-state index is 11.8. The van der Waals surface area contributed by atoms with Gasteiger partial charge in [0.1, 0.15) is 10.7 Å². The predicted octanol–water partition coefficient (Wildman–Crippen LogP) is 3.53. The van der Waals surface area contributed by atoms with Gasteiger partial charge in [-0.2, -0.15) is 0 Å². The Kier molecular flexibility index (Phi) is 4.78. The zero-order valence-corrected chi connectivity index (χ0v) is 14.4. The molecule has 0 amide bonds. The number of anilines is 1. The van der Waals surface area contributed by atoms with Gasteiger partial charge in [-0.25, -0.2) is 13.4 Å². The van der Waals surface area contributed by atoms with Crippen LogP contribution in [-0.2, 0) is 15.3 Å². The molecule has 1 heterocycles. The molecule has 0 bridgehead atoms. The minimum atomic E-state index is -3.33. The van der Waals surface area contributed by atoms with E-state index in [0.29, 0.717) is 17.4 Å². The van der Waals surface area contributed by atoms with Crippen molar-refractivity contribution >= 4 is 27.3 Å². The molecule has 118 valence electrons. The second-order valence-corrected chi connectivity index (χ2v) is 8.23. The lowest BCUT2D eigenvalue weighted by Crippen LogP contribution is -2.28. The third-order valence-electron chi connectivity index (χ3n) is 3.47. The van der Waals surface area contributed by atoms with Crippen molar-refractivity contribution in [3.8, 4) is 0 Å². The summed E-state index contributed by atoms with van der Waals surface area (Å²) in [5.74, 6) is 0.366. The lowest BCUT2D eigenvalue weighted by molar-refractivity contribution is 0.555.